The van der Waals surface area contributed by atoms with E-state index in [0.29, 0.717) is 16.8 Å². The first-order valence-electron chi connectivity index (χ1n) is 7.64. The topological polar surface area (TPSA) is 116 Å². The summed E-state index contributed by atoms with van der Waals surface area (Å²) in [7, 11) is 0. The number of hydrogen-bond acceptors (Lipinski definition) is 5. The van der Waals surface area contributed by atoms with Gasteiger partial charge in [0.05, 0.1) is 12.2 Å². The van der Waals surface area contributed by atoms with Crippen LogP contribution in [-0.2, 0) is 0 Å². The maximum absolute atomic E-state index is 12.2. The first kappa shape index (κ1) is 16.9. The Hall–Kier alpha value is -3.99. The maximum atomic E-state index is 12.2. The van der Waals surface area contributed by atoms with Gasteiger partial charge in [0.25, 0.3) is 5.91 Å². The zero-order valence-electron chi connectivity index (χ0n) is 13.6. The van der Waals surface area contributed by atoms with E-state index >= 15 is 0 Å². The van der Waals surface area contributed by atoms with Gasteiger partial charge in [-0.15, -0.1) is 5.10 Å². The molecule has 2 aromatic carbocycles. The van der Waals surface area contributed by atoms with Crippen molar-refractivity contribution in [2.24, 2.45) is 5.73 Å². The average Bonchev–Trinajstić information content (AvgIpc) is 3.20. The molecule has 1 aromatic heterocycles. The van der Waals surface area contributed by atoms with Crippen LogP contribution >= 0.6 is 0 Å². The Morgan fingerprint density at radius 2 is 1.92 bits per heavy atom. The molecule has 2 amide bonds. The molecule has 0 saturated heterocycles. The second-order valence-electron chi connectivity index (χ2n) is 5.23. The molecule has 0 fully saturated rings. The molecule has 0 aliphatic rings. The zero-order valence-corrected chi connectivity index (χ0v) is 13.6. The molecule has 26 heavy (non-hydrogen) atoms. The first-order chi connectivity index (χ1) is 12.6. The van der Waals surface area contributed by atoms with Crippen molar-refractivity contribution in [3.8, 4) is 17.5 Å². The van der Waals surface area contributed by atoms with E-state index in [1.165, 1.54) is 11.0 Å². The Labute approximate surface area is 149 Å². The van der Waals surface area contributed by atoms with Gasteiger partial charge in [0, 0.05) is 16.7 Å². The summed E-state index contributed by atoms with van der Waals surface area (Å²) in [5.41, 5.74) is 7.49. The van der Waals surface area contributed by atoms with Gasteiger partial charge in [-0.3, -0.25) is 9.59 Å². The highest BCUT2D eigenvalue weighted by atomic mass is 16.2. The molecule has 3 rings (SSSR count). The lowest BCUT2D eigenvalue weighted by molar-refractivity contribution is 0.0957. The number of nitrogens with zero attached hydrogens (tertiary/aromatic N) is 4. The number of rotatable bonds is 4. The van der Waals surface area contributed by atoms with Crippen LogP contribution in [-0.4, -0.2) is 38.6 Å². The van der Waals surface area contributed by atoms with Crippen LogP contribution in [0, 0.1) is 11.8 Å². The minimum absolute atomic E-state index is 0.186. The molecule has 0 unspecified atom stereocenters. The van der Waals surface area contributed by atoms with Crippen LogP contribution in [0.1, 0.15) is 26.3 Å². The van der Waals surface area contributed by atoms with Gasteiger partial charge in [-0.05, 0) is 52.9 Å². The summed E-state index contributed by atoms with van der Waals surface area (Å²) in [5.74, 6) is 5.02. The Morgan fingerprint density at radius 1 is 1.12 bits per heavy atom. The van der Waals surface area contributed by atoms with Crippen molar-refractivity contribution >= 4 is 11.8 Å². The fraction of sp³-hybridized carbons (Fsp3) is 0.0556. The molecule has 0 spiro atoms. The van der Waals surface area contributed by atoms with E-state index in [9.17, 15) is 9.59 Å². The monoisotopic (exact) mass is 346 g/mol. The van der Waals surface area contributed by atoms with Crippen LogP contribution in [0.25, 0.3) is 5.69 Å². The van der Waals surface area contributed by atoms with E-state index < -0.39 is 5.91 Å². The predicted molar refractivity (Wildman–Crippen MR) is 93.3 cm³/mol. The van der Waals surface area contributed by atoms with Crippen molar-refractivity contribution < 1.29 is 9.59 Å². The fourth-order valence-electron chi connectivity index (χ4n) is 2.16. The number of tetrazole rings is 1. The van der Waals surface area contributed by atoms with Gasteiger partial charge in [-0.1, -0.05) is 17.9 Å². The zero-order chi connectivity index (χ0) is 18.4. The van der Waals surface area contributed by atoms with Crippen LogP contribution in [0.5, 0.6) is 0 Å². The van der Waals surface area contributed by atoms with Crippen LogP contribution in [0.2, 0.25) is 0 Å². The van der Waals surface area contributed by atoms with E-state index in [-0.39, 0.29) is 12.5 Å². The molecule has 0 radical (unpaired) electrons. The number of carbonyl (C=O) groups is 2. The number of aromatic nitrogens is 4. The number of primary amides is 1. The molecule has 128 valence electrons. The highest BCUT2D eigenvalue weighted by Crippen LogP contribution is 2.08. The number of nitrogens with one attached hydrogen (secondary N) is 1. The molecule has 3 aromatic rings. The lowest BCUT2D eigenvalue weighted by Gasteiger charge is -2.04. The third-order valence-corrected chi connectivity index (χ3v) is 3.46. The molecule has 0 atom stereocenters. The second kappa shape index (κ2) is 7.72. The lowest BCUT2D eigenvalue weighted by Crippen LogP contribution is -2.23. The molecule has 0 aliphatic carbocycles. The van der Waals surface area contributed by atoms with Crippen LogP contribution in [0.3, 0.4) is 0 Å². The maximum Gasteiger partial charge on any atom is 0.252 e. The van der Waals surface area contributed by atoms with E-state index in [2.05, 4.69) is 32.7 Å². The van der Waals surface area contributed by atoms with Gasteiger partial charge in [0.1, 0.15) is 6.33 Å². The molecule has 0 aliphatic heterocycles. The van der Waals surface area contributed by atoms with Gasteiger partial charge >= 0.3 is 0 Å². The van der Waals surface area contributed by atoms with E-state index in [0.717, 1.165) is 5.56 Å². The van der Waals surface area contributed by atoms with Crippen molar-refractivity contribution in [3.63, 3.8) is 0 Å². The number of nitrogens with two attached hydrogens (primary N) is 1. The Balaban J connectivity index is 1.60. The van der Waals surface area contributed by atoms with Crippen LogP contribution in [0.15, 0.2) is 54.9 Å². The van der Waals surface area contributed by atoms with E-state index in [1.54, 1.807) is 48.5 Å². The minimum atomic E-state index is -0.485. The lowest BCUT2D eigenvalue weighted by atomic mass is 10.1. The Morgan fingerprint density at radius 3 is 2.62 bits per heavy atom. The molecule has 8 nitrogen and oxygen atoms in total. The van der Waals surface area contributed by atoms with Crippen LogP contribution < -0.4 is 11.1 Å². The summed E-state index contributed by atoms with van der Waals surface area (Å²) >= 11 is 0. The molecule has 8 heteroatoms. The summed E-state index contributed by atoms with van der Waals surface area (Å²) < 4.78 is 1.46. The van der Waals surface area contributed by atoms with Crippen molar-refractivity contribution in [3.05, 3.63) is 71.5 Å². The standard InChI is InChI=1S/C18H14N6O2/c19-17(25)14-8-6-13(7-9-14)3-2-10-20-18(26)15-4-1-5-16(11-15)24-12-21-22-23-24/h1,4-9,11-12H,10H2,(H2,19,25)(H,20,26). The predicted octanol–water partition coefficient (Wildman–Crippen LogP) is 0.543. The normalized spacial score (nSPS) is 9.85. The Kier molecular flexibility index (Phi) is 5.00. The number of benzene rings is 2. The largest absolute Gasteiger partial charge is 0.366 e. The molecule has 0 bridgehead atoms. The summed E-state index contributed by atoms with van der Waals surface area (Å²) in [4.78, 5) is 23.2. The van der Waals surface area contributed by atoms with Gasteiger partial charge in [0.2, 0.25) is 5.91 Å². The number of amides is 2. The van der Waals surface area contributed by atoms with Gasteiger partial charge in [0.15, 0.2) is 0 Å². The Bertz CT molecular complexity index is 985. The summed E-state index contributed by atoms with van der Waals surface area (Å²) in [6, 6.07) is 13.5. The highest BCUT2D eigenvalue weighted by molar-refractivity contribution is 5.95. The van der Waals surface area contributed by atoms with E-state index in [1.807, 2.05) is 0 Å². The molecule has 3 N–H and O–H groups in total. The van der Waals surface area contributed by atoms with Gasteiger partial charge in [-0.25, -0.2) is 4.68 Å². The smallest absolute Gasteiger partial charge is 0.252 e. The van der Waals surface area contributed by atoms with Gasteiger partial charge in [-0.2, -0.15) is 0 Å². The second-order valence-corrected chi connectivity index (χ2v) is 5.23. The number of carbonyl (C=O) groups excluding carboxylic acids is 2. The van der Waals surface area contributed by atoms with Crippen molar-refractivity contribution in [2.45, 2.75) is 0 Å². The SMILES string of the molecule is NC(=O)c1ccc(C#CCNC(=O)c2cccc(-n3cnnn3)c2)cc1. The number of hydrogen-bond donors (Lipinski definition) is 2. The third kappa shape index (κ3) is 4.10. The van der Waals surface area contributed by atoms with Gasteiger partial charge < -0.3 is 11.1 Å². The van der Waals surface area contributed by atoms with Crippen molar-refractivity contribution in [2.75, 3.05) is 6.54 Å². The molecule has 0 saturated carbocycles. The fourth-order valence-corrected chi connectivity index (χ4v) is 2.16. The minimum Gasteiger partial charge on any atom is -0.366 e. The quantitative estimate of drug-likeness (QED) is 0.669. The average molecular weight is 346 g/mol. The van der Waals surface area contributed by atoms with Crippen molar-refractivity contribution in [1.29, 1.82) is 0 Å². The highest BCUT2D eigenvalue weighted by Gasteiger charge is 2.06. The summed E-state index contributed by atoms with van der Waals surface area (Å²) in [5, 5.41) is 13.6. The first-order valence-corrected chi connectivity index (χ1v) is 7.64. The molecular weight excluding hydrogens is 332 g/mol. The van der Waals surface area contributed by atoms with Crippen molar-refractivity contribution in [1.82, 2.24) is 25.5 Å². The summed E-state index contributed by atoms with van der Waals surface area (Å²) in [6.45, 7) is 0.186. The van der Waals surface area contributed by atoms with Crippen LogP contribution in [0.4, 0.5) is 0 Å². The molecular formula is C18H14N6O2. The van der Waals surface area contributed by atoms with E-state index in [4.69, 9.17) is 5.73 Å². The summed E-state index contributed by atoms with van der Waals surface area (Å²) in [6.07, 6.45) is 1.45. The third-order valence-electron chi connectivity index (χ3n) is 3.46. The molecule has 1 heterocycles.